The van der Waals surface area contributed by atoms with Gasteiger partial charge in [-0.15, -0.1) is 0 Å². The minimum Gasteiger partial charge on any atom is -0.492 e. The predicted octanol–water partition coefficient (Wildman–Crippen LogP) is 3.72. The first-order chi connectivity index (χ1) is 8.99. The van der Waals surface area contributed by atoms with E-state index in [-0.39, 0.29) is 5.54 Å². The molecule has 108 valence electrons. The first-order valence-electron chi connectivity index (χ1n) is 7.28. The van der Waals surface area contributed by atoms with E-state index in [0.717, 1.165) is 31.0 Å². The third-order valence-corrected chi connectivity index (χ3v) is 2.94. The summed E-state index contributed by atoms with van der Waals surface area (Å²) in [4.78, 5) is 4.21. The molecule has 0 atom stereocenters. The molecule has 0 aromatic carbocycles. The van der Waals surface area contributed by atoms with Crippen LogP contribution in [-0.4, -0.2) is 23.7 Å². The molecule has 1 rings (SSSR count). The molecular weight excluding hydrogens is 236 g/mol. The van der Waals surface area contributed by atoms with E-state index < -0.39 is 0 Å². The van der Waals surface area contributed by atoms with Crippen LogP contribution in [0.25, 0.3) is 0 Å². The summed E-state index contributed by atoms with van der Waals surface area (Å²) in [6.07, 6.45) is 6.64. The summed E-state index contributed by atoms with van der Waals surface area (Å²) in [6.45, 7) is 10.5. The fourth-order valence-electron chi connectivity index (χ4n) is 1.85. The fourth-order valence-corrected chi connectivity index (χ4v) is 1.85. The molecule has 1 N–H and O–H groups in total. The average Bonchev–Trinajstić information content (AvgIpc) is 2.33. The number of pyridine rings is 1. The van der Waals surface area contributed by atoms with Gasteiger partial charge in [-0.05, 0) is 59.2 Å². The lowest BCUT2D eigenvalue weighted by Gasteiger charge is -2.20. The van der Waals surface area contributed by atoms with Gasteiger partial charge in [0.15, 0.2) is 0 Å². The number of ether oxygens (including phenoxy) is 1. The van der Waals surface area contributed by atoms with E-state index in [4.69, 9.17) is 4.74 Å². The Morgan fingerprint density at radius 2 is 1.89 bits per heavy atom. The molecule has 1 aromatic heterocycles. The van der Waals surface area contributed by atoms with Gasteiger partial charge in [0.05, 0.1) is 12.3 Å². The first-order valence-corrected chi connectivity index (χ1v) is 7.28. The van der Waals surface area contributed by atoms with E-state index in [1.165, 1.54) is 19.3 Å². The van der Waals surface area contributed by atoms with Crippen LogP contribution >= 0.6 is 0 Å². The van der Waals surface area contributed by atoms with Gasteiger partial charge in [0.25, 0.3) is 0 Å². The van der Waals surface area contributed by atoms with Gasteiger partial charge >= 0.3 is 0 Å². The van der Waals surface area contributed by atoms with Crippen molar-refractivity contribution in [1.82, 2.24) is 10.3 Å². The van der Waals surface area contributed by atoms with Gasteiger partial charge in [-0.3, -0.25) is 4.98 Å². The van der Waals surface area contributed by atoms with Gasteiger partial charge in [0.2, 0.25) is 0 Å². The molecule has 0 fully saturated rings. The molecule has 0 aliphatic carbocycles. The molecule has 1 aromatic rings. The highest BCUT2D eigenvalue weighted by Gasteiger charge is 2.06. The molecule has 1 heterocycles. The first kappa shape index (κ1) is 16.0. The summed E-state index contributed by atoms with van der Waals surface area (Å²) in [5, 5.41) is 3.51. The van der Waals surface area contributed by atoms with Gasteiger partial charge in [0.1, 0.15) is 5.75 Å². The maximum Gasteiger partial charge on any atom is 0.140 e. The van der Waals surface area contributed by atoms with Crippen molar-refractivity contribution < 1.29 is 4.74 Å². The lowest BCUT2D eigenvalue weighted by atomic mass is 10.1. The SMILES string of the molecule is Cc1ncccc1OCCCCCCNC(C)(C)C. The Bertz CT molecular complexity index is 358. The summed E-state index contributed by atoms with van der Waals surface area (Å²) in [6, 6.07) is 3.90. The van der Waals surface area contributed by atoms with Crippen molar-refractivity contribution in [3.8, 4) is 5.75 Å². The van der Waals surface area contributed by atoms with Crippen LogP contribution in [0.5, 0.6) is 5.75 Å². The normalized spacial score (nSPS) is 11.6. The molecule has 0 radical (unpaired) electrons. The van der Waals surface area contributed by atoms with Gasteiger partial charge < -0.3 is 10.1 Å². The molecule has 3 heteroatoms. The molecule has 0 spiro atoms. The number of aromatic nitrogens is 1. The lowest BCUT2D eigenvalue weighted by Crippen LogP contribution is -2.36. The number of hydrogen-bond acceptors (Lipinski definition) is 3. The van der Waals surface area contributed by atoms with Crippen LogP contribution in [0.15, 0.2) is 18.3 Å². The molecule has 0 amide bonds. The zero-order chi connectivity index (χ0) is 14.1. The van der Waals surface area contributed by atoms with Crippen LogP contribution in [0.1, 0.15) is 52.1 Å². The molecule has 0 saturated carbocycles. The van der Waals surface area contributed by atoms with E-state index in [1.54, 1.807) is 6.20 Å². The summed E-state index contributed by atoms with van der Waals surface area (Å²) in [5.41, 5.74) is 1.21. The number of hydrogen-bond donors (Lipinski definition) is 1. The standard InChI is InChI=1S/C16H28N2O/c1-14-15(10-9-11-17-14)19-13-8-6-5-7-12-18-16(2,3)4/h9-11,18H,5-8,12-13H2,1-4H3. The van der Waals surface area contributed by atoms with Crippen molar-refractivity contribution in [3.63, 3.8) is 0 Å². The van der Waals surface area contributed by atoms with Crippen molar-refractivity contribution in [3.05, 3.63) is 24.0 Å². The maximum atomic E-state index is 5.72. The van der Waals surface area contributed by atoms with Crippen molar-refractivity contribution >= 4 is 0 Å². The molecule has 0 aliphatic rings. The molecule has 19 heavy (non-hydrogen) atoms. The van der Waals surface area contributed by atoms with E-state index in [2.05, 4.69) is 31.1 Å². The second-order valence-corrected chi connectivity index (χ2v) is 6.03. The molecular formula is C16H28N2O. The predicted molar refractivity (Wildman–Crippen MR) is 80.7 cm³/mol. The smallest absolute Gasteiger partial charge is 0.140 e. The van der Waals surface area contributed by atoms with Gasteiger partial charge in [0, 0.05) is 11.7 Å². The highest BCUT2D eigenvalue weighted by Crippen LogP contribution is 2.14. The summed E-state index contributed by atoms with van der Waals surface area (Å²) < 4.78 is 5.72. The van der Waals surface area contributed by atoms with Crippen LogP contribution in [0.2, 0.25) is 0 Å². The number of nitrogens with zero attached hydrogens (tertiary/aromatic N) is 1. The number of aryl methyl sites for hydroxylation is 1. The third kappa shape index (κ3) is 7.83. The molecule has 0 saturated heterocycles. The Balaban J connectivity index is 1.99. The Hall–Kier alpha value is -1.09. The van der Waals surface area contributed by atoms with Gasteiger partial charge in [-0.25, -0.2) is 0 Å². The topological polar surface area (TPSA) is 34.1 Å². The molecule has 0 bridgehead atoms. The van der Waals surface area contributed by atoms with Crippen molar-refractivity contribution in [2.75, 3.05) is 13.2 Å². The Labute approximate surface area is 117 Å². The second-order valence-electron chi connectivity index (χ2n) is 6.03. The summed E-state index contributed by atoms with van der Waals surface area (Å²) in [5.74, 6) is 0.914. The Kier molecular flexibility index (Phi) is 6.85. The second kappa shape index (κ2) is 8.16. The van der Waals surface area contributed by atoms with Crippen molar-refractivity contribution in [2.24, 2.45) is 0 Å². The maximum absolute atomic E-state index is 5.72. The number of unbranched alkanes of at least 4 members (excludes halogenated alkanes) is 3. The van der Waals surface area contributed by atoms with Crippen LogP contribution in [0.4, 0.5) is 0 Å². The van der Waals surface area contributed by atoms with E-state index in [1.807, 2.05) is 19.1 Å². The van der Waals surface area contributed by atoms with E-state index in [0.29, 0.717) is 0 Å². The zero-order valence-corrected chi connectivity index (χ0v) is 12.8. The molecule has 0 unspecified atom stereocenters. The van der Waals surface area contributed by atoms with Crippen molar-refractivity contribution in [2.45, 2.75) is 58.9 Å². The Morgan fingerprint density at radius 1 is 1.16 bits per heavy atom. The van der Waals surface area contributed by atoms with E-state index >= 15 is 0 Å². The third-order valence-electron chi connectivity index (χ3n) is 2.94. The van der Waals surface area contributed by atoms with Crippen molar-refractivity contribution in [1.29, 1.82) is 0 Å². The van der Waals surface area contributed by atoms with Crippen LogP contribution < -0.4 is 10.1 Å². The van der Waals surface area contributed by atoms with Gasteiger partial charge in [-0.1, -0.05) is 12.8 Å². The number of rotatable bonds is 8. The summed E-state index contributed by atoms with van der Waals surface area (Å²) in [7, 11) is 0. The fraction of sp³-hybridized carbons (Fsp3) is 0.688. The highest BCUT2D eigenvalue weighted by atomic mass is 16.5. The van der Waals surface area contributed by atoms with Crippen LogP contribution in [0.3, 0.4) is 0 Å². The van der Waals surface area contributed by atoms with Crippen LogP contribution in [0, 0.1) is 6.92 Å². The quantitative estimate of drug-likeness (QED) is 0.727. The molecule has 3 nitrogen and oxygen atoms in total. The monoisotopic (exact) mass is 264 g/mol. The van der Waals surface area contributed by atoms with Crippen LogP contribution in [-0.2, 0) is 0 Å². The average molecular weight is 264 g/mol. The Morgan fingerprint density at radius 3 is 2.58 bits per heavy atom. The summed E-state index contributed by atoms with van der Waals surface area (Å²) >= 11 is 0. The zero-order valence-electron chi connectivity index (χ0n) is 12.8. The van der Waals surface area contributed by atoms with E-state index in [9.17, 15) is 0 Å². The highest BCUT2D eigenvalue weighted by molar-refractivity contribution is 5.25. The molecule has 0 aliphatic heterocycles. The van der Waals surface area contributed by atoms with Gasteiger partial charge in [-0.2, -0.15) is 0 Å². The lowest BCUT2D eigenvalue weighted by molar-refractivity contribution is 0.300. The minimum atomic E-state index is 0.237. The largest absolute Gasteiger partial charge is 0.492 e. The number of nitrogens with one attached hydrogen (secondary N) is 1. The minimum absolute atomic E-state index is 0.237.